The van der Waals surface area contributed by atoms with Crippen molar-refractivity contribution in [1.29, 1.82) is 0 Å². The maximum atomic E-state index is 4.76. The van der Waals surface area contributed by atoms with Crippen molar-refractivity contribution >= 4 is 59.0 Å². The van der Waals surface area contributed by atoms with E-state index in [0.717, 1.165) is 23.4 Å². The first kappa shape index (κ1) is 14.2. The van der Waals surface area contributed by atoms with Crippen LogP contribution in [-0.2, 0) is 0 Å². The second-order valence-corrected chi connectivity index (χ2v) is 9.44. The molecule has 0 amide bonds. The molecule has 1 aliphatic rings. The number of fused-ring (bicyclic) bond motifs is 2. The Bertz CT molecular complexity index is 976. The summed E-state index contributed by atoms with van der Waals surface area (Å²) in [4.78, 5) is 9.58. The summed E-state index contributed by atoms with van der Waals surface area (Å²) in [5.74, 6) is 1.07. The lowest BCUT2D eigenvalue weighted by molar-refractivity contribution is 0.614. The van der Waals surface area contributed by atoms with E-state index in [4.69, 9.17) is 4.98 Å². The standard InChI is InChI=1S/C17H14BrN3S2/c18-16-8-15-14(23-16)7-13(22-15)9-3-4-10-12(6-9)21-17(20-10)11-2-1-5-19-11/h3-4,6-8,11,19H,1-2,5H2,(H,20,21). The lowest BCUT2D eigenvalue weighted by atomic mass is 10.1. The van der Waals surface area contributed by atoms with Gasteiger partial charge in [0, 0.05) is 14.3 Å². The van der Waals surface area contributed by atoms with E-state index >= 15 is 0 Å². The fraction of sp³-hybridized carbons (Fsp3) is 0.235. The van der Waals surface area contributed by atoms with Crippen molar-refractivity contribution in [3.8, 4) is 10.4 Å². The Hall–Kier alpha value is -1.21. The van der Waals surface area contributed by atoms with Crippen molar-refractivity contribution in [2.24, 2.45) is 0 Å². The number of halogens is 1. The van der Waals surface area contributed by atoms with Crippen LogP contribution in [-0.4, -0.2) is 16.5 Å². The average molecular weight is 404 g/mol. The van der Waals surface area contributed by atoms with Gasteiger partial charge in [0.25, 0.3) is 0 Å². The molecule has 1 saturated heterocycles. The van der Waals surface area contributed by atoms with Crippen LogP contribution < -0.4 is 5.32 Å². The minimum absolute atomic E-state index is 0.385. The van der Waals surface area contributed by atoms with E-state index in [1.54, 1.807) is 11.3 Å². The highest BCUT2D eigenvalue weighted by Crippen LogP contribution is 2.40. The van der Waals surface area contributed by atoms with Crippen LogP contribution in [0, 0.1) is 0 Å². The Morgan fingerprint density at radius 1 is 1.13 bits per heavy atom. The molecule has 23 heavy (non-hydrogen) atoms. The van der Waals surface area contributed by atoms with Crippen LogP contribution in [0.5, 0.6) is 0 Å². The molecule has 6 heteroatoms. The number of aromatic nitrogens is 2. The van der Waals surface area contributed by atoms with Crippen molar-refractivity contribution in [1.82, 2.24) is 15.3 Å². The highest BCUT2D eigenvalue weighted by Gasteiger charge is 2.19. The summed E-state index contributed by atoms with van der Waals surface area (Å²) in [6.45, 7) is 1.09. The number of hydrogen-bond acceptors (Lipinski definition) is 4. The molecule has 0 bridgehead atoms. The van der Waals surface area contributed by atoms with Gasteiger partial charge in [-0.1, -0.05) is 6.07 Å². The maximum Gasteiger partial charge on any atom is 0.124 e. The number of nitrogens with zero attached hydrogens (tertiary/aromatic N) is 1. The molecule has 116 valence electrons. The fourth-order valence-corrected chi connectivity index (χ4v) is 6.23. The van der Waals surface area contributed by atoms with Gasteiger partial charge in [-0.3, -0.25) is 0 Å². The van der Waals surface area contributed by atoms with Crippen LogP contribution in [0.15, 0.2) is 34.1 Å². The number of rotatable bonds is 2. The van der Waals surface area contributed by atoms with Crippen LogP contribution in [0.4, 0.5) is 0 Å². The molecule has 1 aromatic carbocycles. The predicted octanol–water partition coefficient (Wildman–Crippen LogP) is 5.69. The Morgan fingerprint density at radius 3 is 2.87 bits per heavy atom. The minimum atomic E-state index is 0.385. The van der Waals surface area contributed by atoms with Gasteiger partial charge >= 0.3 is 0 Å². The monoisotopic (exact) mass is 403 g/mol. The summed E-state index contributed by atoms with van der Waals surface area (Å²) >= 11 is 7.19. The quantitative estimate of drug-likeness (QED) is 0.450. The zero-order chi connectivity index (χ0) is 15.4. The van der Waals surface area contributed by atoms with Gasteiger partial charge in [-0.2, -0.15) is 0 Å². The predicted molar refractivity (Wildman–Crippen MR) is 102 cm³/mol. The molecule has 1 aliphatic heterocycles. The molecule has 4 heterocycles. The molecule has 3 aromatic heterocycles. The summed E-state index contributed by atoms with van der Waals surface area (Å²) in [7, 11) is 0. The number of hydrogen-bond donors (Lipinski definition) is 2. The average Bonchev–Trinajstić information content (AvgIpc) is 3.28. The third-order valence-electron chi connectivity index (χ3n) is 4.35. The van der Waals surface area contributed by atoms with Gasteiger partial charge in [0.1, 0.15) is 5.82 Å². The molecule has 2 N–H and O–H groups in total. The van der Waals surface area contributed by atoms with Gasteiger partial charge in [0.2, 0.25) is 0 Å². The maximum absolute atomic E-state index is 4.76. The summed E-state index contributed by atoms with van der Waals surface area (Å²) in [6.07, 6.45) is 2.40. The first-order chi connectivity index (χ1) is 11.3. The van der Waals surface area contributed by atoms with E-state index in [1.807, 2.05) is 11.3 Å². The third kappa shape index (κ3) is 2.45. The number of thiophene rings is 2. The van der Waals surface area contributed by atoms with Crippen molar-refractivity contribution in [3.63, 3.8) is 0 Å². The van der Waals surface area contributed by atoms with Gasteiger partial charge < -0.3 is 10.3 Å². The Balaban J connectivity index is 1.56. The lowest BCUT2D eigenvalue weighted by Crippen LogP contribution is -2.13. The smallest absolute Gasteiger partial charge is 0.124 e. The Labute approximate surface area is 149 Å². The number of imidazole rings is 1. The van der Waals surface area contributed by atoms with E-state index in [0.29, 0.717) is 6.04 Å². The van der Waals surface area contributed by atoms with Gasteiger partial charge in [0.15, 0.2) is 0 Å². The highest BCUT2D eigenvalue weighted by atomic mass is 79.9. The van der Waals surface area contributed by atoms with Crippen LogP contribution in [0.2, 0.25) is 0 Å². The normalized spacial score (nSPS) is 18.4. The molecule has 1 atom stereocenters. The second kappa shape index (κ2) is 5.41. The molecule has 5 rings (SSSR count). The number of H-pyrrole nitrogens is 1. The molecular weight excluding hydrogens is 390 g/mol. The van der Waals surface area contributed by atoms with E-state index in [9.17, 15) is 0 Å². The van der Waals surface area contributed by atoms with Gasteiger partial charge in [0.05, 0.1) is 20.9 Å². The number of aromatic amines is 1. The number of nitrogens with one attached hydrogen (secondary N) is 2. The molecule has 0 radical (unpaired) electrons. The molecular formula is C17H14BrN3S2. The molecule has 0 spiro atoms. The molecule has 4 aromatic rings. The van der Waals surface area contributed by atoms with Crippen LogP contribution in [0.3, 0.4) is 0 Å². The van der Waals surface area contributed by atoms with Gasteiger partial charge in [-0.05, 0) is 65.1 Å². The van der Waals surface area contributed by atoms with E-state index < -0.39 is 0 Å². The zero-order valence-electron chi connectivity index (χ0n) is 12.2. The molecule has 0 saturated carbocycles. The highest BCUT2D eigenvalue weighted by molar-refractivity contribution is 9.11. The third-order valence-corrected chi connectivity index (χ3v) is 7.20. The molecule has 1 fully saturated rings. The second-order valence-electron chi connectivity index (χ2n) is 5.89. The summed E-state index contributed by atoms with van der Waals surface area (Å²) in [5, 5.41) is 3.50. The van der Waals surface area contributed by atoms with E-state index in [2.05, 4.69) is 56.6 Å². The van der Waals surface area contributed by atoms with Crippen molar-refractivity contribution < 1.29 is 0 Å². The Kier molecular flexibility index (Phi) is 3.33. The first-order valence-corrected chi connectivity index (χ1v) is 10.1. The van der Waals surface area contributed by atoms with Crippen LogP contribution in [0.1, 0.15) is 24.7 Å². The fourth-order valence-electron chi connectivity index (χ4n) is 3.21. The summed E-state index contributed by atoms with van der Waals surface area (Å²) in [5.41, 5.74) is 3.44. The molecule has 3 nitrogen and oxygen atoms in total. The van der Waals surface area contributed by atoms with E-state index in [-0.39, 0.29) is 0 Å². The summed E-state index contributed by atoms with van der Waals surface area (Å²) < 4.78 is 3.89. The Morgan fingerprint density at radius 2 is 2.04 bits per heavy atom. The first-order valence-electron chi connectivity index (χ1n) is 7.68. The molecule has 1 unspecified atom stereocenters. The largest absolute Gasteiger partial charge is 0.341 e. The SMILES string of the molecule is Brc1cc2sc(-c3ccc4nc(C5CCCN5)[nH]c4c3)cc2s1. The number of benzene rings is 1. The minimum Gasteiger partial charge on any atom is -0.341 e. The van der Waals surface area contributed by atoms with Crippen LogP contribution in [0.25, 0.3) is 30.9 Å². The summed E-state index contributed by atoms with van der Waals surface area (Å²) in [6, 6.07) is 11.4. The topological polar surface area (TPSA) is 40.7 Å². The van der Waals surface area contributed by atoms with Crippen LogP contribution >= 0.6 is 38.6 Å². The lowest BCUT2D eigenvalue weighted by Gasteiger charge is -2.04. The zero-order valence-corrected chi connectivity index (χ0v) is 15.4. The van der Waals surface area contributed by atoms with Crippen molar-refractivity contribution in [2.45, 2.75) is 18.9 Å². The van der Waals surface area contributed by atoms with Crippen molar-refractivity contribution in [2.75, 3.05) is 6.54 Å². The van der Waals surface area contributed by atoms with E-state index in [1.165, 1.54) is 36.5 Å². The van der Waals surface area contributed by atoms with Gasteiger partial charge in [-0.15, -0.1) is 22.7 Å². The molecule has 0 aliphatic carbocycles. The van der Waals surface area contributed by atoms with Gasteiger partial charge in [-0.25, -0.2) is 4.98 Å². The van der Waals surface area contributed by atoms with Crippen molar-refractivity contribution in [3.05, 3.63) is 39.9 Å².